The lowest BCUT2D eigenvalue weighted by atomic mass is 10.2. The first-order valence-corrected chi connectivity index (χ1v) is 13.7. The third-order valence-corrected chi connectivity index (χ3v) is 7.63. The van der Waals surface area contributed by atoms with Crippen molar-refractivity contribution < 1.29 is 27.5 Å². The van der Waals surface area contributed by atoms with Gasteiger partial charge in [0.1, 0.15) is 11.5 Å². The Morgan fingerprint density at radius 3 is 1.24 bits per heavy atom. The van der Waals surface area contributed by atoms with Crippen molar-refractivity contribution in [2.75, 3.05) is 14.2 Å². The summed E-state index contributed by atoms with van der Waals surface area (Å²) in [5.74, 6) is 0.413. The van der Waals surface area contributed by atoms with Crippen LogP contribution in [0, 0.1) is 0 Å². The van der Waals surface area contributed by atoms with Crippen LogP contribution in [0.5, 0.6) is 11.5 Å². The van der Waals surface area contributed by atoms with E-state index >= 15 is 0 Å². The van der Waals surface area contributed by atoms with E-state index in [4.69, 9.17) is 9.47 Å². The minimum Gasteiger partial charge on any atom is -0.497 e. The molecule has 41 heavy (non-hydrogen) atoms. The van der Waals surface area contributed by atoms with Crippen LogP contribution in [0.1, 0.15) is 31.8 Å². The van der Waals surface area contributed by atoms with Crippen molar-refractivity contribution in [3.05, 3.63) is 119 Å². The first-order chi connectivity index (χ1) is 19.8. The zero-order valence-corrected chi connectivity index (χ0v) is 23.0. The minimum atomic E-state index is -3.88. The predicted octanol–water partition coefficient (Wildman–Crippen LogP) is 4.06. The summed E-state index contributed by atoms with van der Waals surface area (Å²) < 4.78 is 36.4. The fraction of sp³-hybridized carbons (Fsp3) is 0.0667. The van der Waals surface area contributed by atoms with Gasteiger partial charge in [0.2, 0.25) is 9.84 Å². The number of nitrogens with one attached hydrogen (secondary N) is 2. The van der Waals surface area contributed by atoms with Crippen molar-refractivity contribution in [2.24, 2.45) is 10.2 Å². The first kappa shape index (κ1) is 28.7. The summed E-state index contributed by atoms with van der Waals surface area (Å²) in [5.41, 5.74) is 6.81. The summed E-state index contributed by atoms with van der Waals surface area (Å²) in [6.45, 7) is 0. The standard InChI is InChI=1S/C30H26N4O6S/c1-39-25-11-3-21(4-12-25)19-31-33-29(35)23-7-15-27(16-8-23)41(37,38)28-17-9-24(10-18-28)30(36)34-32-20-22-5-13-26(40-2)14-6-22/h3-20H,1-2H3,(H,33,35)(H,34,36)/b31-19+,32-20+. The highest BCUT2D eigenvalue weighted by atomic mass is 32.2. The SMILES string of the molecule is COc1ccc(/C=N/NC(=O)c2ccc(S(=O)(=O)c3ccc(C(=O)N/N=C/c4ccc(OC)cc4)cc3)cc2)cc1. The molecule has 0 heterocycles. The number of methoxy groups -OCH3 is 2. The summed E-state index contributed by atoms with van der Waals surface area (Å²) in [5, 5.41) is 7.85. The third-order valence-electron chi connectivity index (χ3n) is 5.84. The second kappa shape index (κ2) is 13.2. The number of hydrazone groups is 2. The van der Waals surface area contributed by atoms with Crippen LogP contribution in [0.3, 0.4) is 0 Å². The number of ether oxygens (including phenoxy) is 2. The Morgan fingerprint density at radius 1 is 0.585 bits per heavy atom. The highest BCUT2D eigenvalue weighted by Crippen LogP contribution is 2.22. The van der Waals surface area contributed by atoms with Crippen LogP contribution < -0.4 is 20.3 Å². The summed E-state index contributed by atoms with van der Waals surface area (Å²) >= 11 is 0. The normalized spacial score (nSPS) is 11.4. The molecule has 0 fully saturated rings. The lowest BCUT2D eigenvalue weighted by Gasteiger charge is -2.07. The number of carbonyl (C=O) groups is 2. The van der Waals surface area contributed by atoms with E-state index in [0.29, 0.717) is 11.5 Å². The zero-order valence-electron chi connectivity index (χ0n) is 22.1. The molecule has 0 aliphatic rings. The molecule has 0 atom stereocenters. The summed E-state index contributed by atoms with van der Waals surface area (Å²) in [6, 6.07) is 25.1. The van der Waals surface area contributed by atoms with Gasteiger partial charge in [0.05, 0.1) is 36.4 Å². The van der Waals surface area contributed by atoms with Crippen molar-refractivity contribution in [3.8, 4) is 11.5 Å². The molecule has 4 aromatic rings. The molecular weight excluding hydrogens is 544 g/mol. The summed E-state index contributed by atoms with van der Waals surface area (Å²) in [6.07, 6.45) is 2.96. The number of nitrogens with zero attached hydrogens (tertiary/aromatic N) is 2. The molecule has 0 radical (unpaired) electrons. The van der Waals surface area contributed by atoms with E-state index in [1.807, 2.05) is 0 Å². The Hall–Kier alpha value is -5.29. The average molecular weight is 571 g/mol. The fourth-order valence-corrected chi connectivity index (χ4v) is 4.81. The number of carbonyl (C=O) groups excluding carboxylic acids is 2. The van der Waals surface area contributed by atoms with Crippen LogP contribution in [0.25, 0.3) is 0 Å². The molecule has 2 amide bonds. The van der Waals surface area contributed by atoms with E-state index < -0.39 is 21.7 Å². The van der Waals surface area contributed by atoms with Crippen LogP contribution in [-0.4, -0.2) is 46.9 Å². The Morgan fingerprint density at radius 2 is 0.927 bits per heavy atom. The van der Waals surface area contributed by atoms with Gasteiger partial charge in [0.25, 0.3) is 11.8 Å². The molecule has 4 rings (SSSR count). The van der Waals surface area contributed by atoms with Crippen LogP contribution >= 0.6 is 0 Å². The van der Waals surface area contributed by atoms with Crippen LogP contribution in [-0.2, 0) is 9.84 Å². The molecule has 10 nitrogen and oxygen atoms in total. The van der Waals surface area contributed by atoms with E-state index in [2.05, 4.69) is 21.1 Å². The van der Waals surface area contributed by atoms with Crippen LogP contribution in [0.15, 0.2) is 117 Å². The molecule has 0 bridgehead atoms. The van der Waals surface area contributed by atoms with Gasteiger partial charge in [-0.1, -0.05) is 0 Å². The molecule has 0 unspecified atom stereocenters. The van der Waals surface area contributed by atoms with E-state index in [0.717, 1.165) is 11.1 Å². The van der Waals surface area contributed by atoms with Crippen molar-refractivity contribution in [3.63, 3.8) is 0 Å². The minimum absolute atomic E-state index is 0.00271. The number of hydrogen-bond acceptors (Lipinski definition) is 8. The van der Waals surface area contributed by atoms with Crippen molar-refractivity contribution in [1.29, 1.82) is 0 Å². The number of rotatable bonds is 10. The van der Waals surface area contributed by atoms with Gasteiger partial charge in [-0.25, -0.2) is 19.3 Å². The second-order valence-corrected chi connectivity index (χ2v) is 10.4. The van der Waals surface area contributed by atoms with Crippen LogP contribution in [0.4, 0.5) is 0 Å². The largest absolute Gasteiger partial charge is 0.497 e. The smallest absolute Gasteiger partial charge is 0.271 e. The van der Waals surface area contributed by atoms with E-state index in [1.165, 1.54) is 61.0 Å². The van der Waals surface area contributed by atoms with Crippen LogP contribution in [0.2, 0.25) is 0 Å². The molecule has 0 saturated heterocycles. The Kier molecular flexibility index (Phi) is 9.23. The lowest BCUT2D eigenvalue weighted by Crippen LogP contribution is -2.18. The Bertz CT molecular complexity index is 1540. The highest BCUT2D eigenvalue weighted by Gasteiger charge is 2.19. The van der Waals surface area contributed by atoms with Gasteiger partial charge in [0, 0.05) is 11.1 Å². The number of hydrogen-bond donors (Lipinski definition) is 2. The maximum absolute atomic E-state index is 13.1. The molecule has 208 valence electrons. The molecule has 2 N–H and O–H groups in total. The summed E-state index contributed by atoms with van der Waals surface area (Å²) in [7, 11) is -0.746. The molecule has 0 aromatic heterocycles. The van der Waals surface area contributed by atoms with Gasteiger partial charge in [-0.2, -0.15) is 10.2 Å². The van der Waals surface area contributed by atoms with Gasteiger partial charge in [-0.3, -0.25) is 9.59 Å². The fourth-order valence-electron chi connectivity index (χ4n) is 3.55. The maximum atomic E-state index is 13.1. The number of sulfone groups is 1. The van der Waals surface area contributed by atoms with Gasteiger partial charge in [-0.05, 0) is 108 Å². The maximum Gasteiger partial charge on any atom is 0.271 e. The van der Waals surface area contributed by atoms with Gasteiger partial charge < -0.3 is 9.47 Å². The molecule has 0 aliphatic heterocycles. The molecular formula is C30H26N4O6S. The first-order valence-electron chi connectivity index (χ1n) is 12.2. The topological polar surface area (TPSA) is 136 Å². The van der Waals surface area contributed by atoms with E-state index in [1.54, 1.807) is 62.8 Å². The monoisotopic (exact) mass is 570 g/mol. The van der Waals surface area contributed by atoms with Crippen molar-refractivity contribution >= 4 is 34.1 Å². The Balaban J connectivity index is 1.35. The van der Waals surface area contributed by atoms with Crippen molar-refractivity contribution in [2.45, 2.75) is 9.79 Å². The van der Waals surface area contributed by atoms with Gasteiger partial charge >= 0.3 is 0 Å². The van der Waals surface area contributed by atoms with E-state index in [-0.39, 0.29) is 20.9 Å². The number of benzene rings is 4. The van der Waals surface area contributed by atoms with Gasteiger partial charge in [0.15, 0.2) is 0 Å². The zero-order chi connectivity index (χ0) is 29.2. The Labute approximate surface area is 237 Å². The van der Waals surface area contributed by atoms with Gasteiger partial charge in [-0.15, -0.1) is 0 Å². The highest BCUT2D eigenvalue weighted by molar-refractivity contribution is 7.91. The quantitative estimate of drug-likeness (QED) is 0.218. The molecule has 0 saturated carbocycles. The average Bonchev–Trinajstić information content (AvgIpc) is 3.01. The molecule has 0 spiro atoms. The predicted molar refractivity (Wildman–Crippen MR) is 154 cm³/mol. The number of amides is 2. The third kappa shape index (κ3) is 7.43. The molecule has 11 heteroatoms. The van der Waals surface area contributed by atoms with E-state index in [9.17, 15) is 18.0 Å². The van der Waals surface area contributed by atoms with Crippen molar-refractivity contribution in [1.82, 2.24) is 10.9 Å². The molecule has 0 aliphatic carbocycles. The molecule has 4 aromatic carbocycles. The lowest BCUT2D eigenvalue weighted by molar-refractivity contribution is 0.0947. The second-order valence-electron chi connectivity index (χ2n) is 8.50. The summed E-state index contributed by atoms with van der Waals surface area (Å²) in [4.78, 5) is 24.8.